The van der Waals surface area contributed by atoms with Crippen LogP contribution in [0.25, 0.3) is 0 Å². The van der Waals surface area contributed by atoms with Gasteiger partial charge in [-0.15, -0.1) is 0 Å². The van der Waals surface area contributed by atoms with Gasteiger partial charge in [0.2, 0.25) is 0 Å². The number of hydrogen-bond acceptors (Lipinski definition) is 7. The second kappa shape index (κ2) is 46.1. The zero-order valence-electron chi connectivity index (χ0n) is 42.6. The Morgan fingerprint density at radius 2 is 0.714 bits per heavy atom. The fourth-order valence-electron chi connectivity index (χ4n) is 8.14. The van der Waals surface area contributed by atoms with Crippen molar-refractivity contribution in [2.45, 2.75) is 283 Å². The van der Waals surface area contributed by atoms with Crippen LogP contribution in [0.15, 0.2) is 0 Å². The molecule has 0 fully saturated rings. The van der Waals surface area contributed by atoms with Crippen LogP contribution in [-0.4, -0.2) is 74.9 Å². The molecule has 0 rings (SSSR count). The van der Waals surface area contributed by atoms with Crippen LogP contribution in [0.4, 0.5) is 0 Å². The molecule has 0 saturated heterocycles. The summed E-state index contributed by atoms with van der Waals surface area (Å²) in [4.78, 5) is 35.3. The van der Waals surface area contributed by atoms with Gasteiger partial charge in [-0.25, -0.2) is 4.57 Å². The third kappa shape index (κ3) is 50.3. The van der Waals surface area contributed by atoms with E-state index in [1.807, 2.05) is 21.1 Å². The van der Waals surface area contributed by atoms with E-state index in [-0.39, 0.29) is 25.6 Å². The van der Waals surface area contributed by atoms with Crippen molar-refractivity contribution in [3.05, 3.63) is 0 Å². The predicted molar refractivity (Wildman–Crippen MR) is 266 cm³/mol. The molecule has 0 aliphatic carbocycles. The normalized spacial score (nSPS) is 13.3. The van der Waals surface area contributed by atoms with Gasteiger partial charge in [0, 0.05) is 12.8 Å². The summed E-state index contributed by atoms with van der Waals surface area (Å²) < 4.78 is 34.3. The number of esters is 2. The standard InChI is InChI=1S/C53H106NO8P/c1-6-8-10-12-14-16-17-18-19-20-21-22-23-24-25-26-27-28-29-30-31-32-33-34-35-36-37-38-40-42-44-46-53(56)62-51(50-61-63(57,58)60-48-47-54(3,4)5)49-59-52(55)45-43-41-39-15-13-11-9-7-2/h51H,6-50H2,1-5H3/p+1. The molecule has 2 atom stereocenters. The number of quaternary nitrogens is 1. The monoisotopic (exact) mass is 917 g/mol. The summed E-state index contributed by atoms with van der Waals surface area (Å²) in [6.07, 6.45) is 50.7. The van der Waals surface area contributed by atoms with Crippen LogP contribution in [0.1, 0.15) is 277 Å². The second-order valence-corrected chi connectivity index (χ2v) is 21.4. The fraction of sp³-hybridized carbons (Fsp3) is 0.962. The largest absolute Gasteiger partial charge is 0.472 e. The molecule has 9 nitrogen and oxygen atoms in total. The zero-order valence-corrected chi connectivity index (χ0v) is 43.5. The molecule has 0 amide bonds. The Kier molecular flexibility index (Phi) is 45.4. The predicted octanol–water partition coefficient (Wildman–Crippen LogP) is 16.3. The van der Waals surface area contributed by atoms with Crippen molar-refractivity contribution in [3.63, 3.8) is 0 Å². The van der Waals surface area contributed by atoms with E-state index in [0.29, 0.717) is 17.4 Å². The van der Waals surface area contributed by atoms with Crippen LogP contribution in [-0.2, 0) is 32.7 Å². The molecule has 1 N–H and O–H groups in total. The highest BCUT2D eigenvalue weighted by Gasteiger charge is 2.27. The van der Waals surface area contributed by atoms with Gasteiger partial charge in [-0.3, -0.25) is 18.6 Å². The zero-order chi connectivity index (χ0) is 46.4. The molecule has 63 heavy (non-hydrogen) atoms. The van der Waals surface area contributed by atoms with Crippen molar-refractivity contribution in [2.75, 3.05) is 47.5 Å². The van der Waals surface area contributed by atoms with Gasteiger partial charge in [0.25, 0.3) is 0 Å². The molecule has 0 aliphatic heterocycles. The highest BCUT2D eigenvalue weighted by atomic mass is 31.2. The van der Waals surface area contributed by atoms with Crippen LogP contribution in [0.3, 0.4) is 0 Å². The summed E-state index contributed by atoms with van der Waals surface area (Å²) in [5, 5.41) is 0. The summed E-state index contributed by atoms with van der Waals surface area (Å²) in [6.45, 7) is 4.44. The lowest BCUT2D eigenvalue weighted by Crippen LogP contribution is -2.37. The maximum atomic E-state index is 12.7. The molecule has 0 saturated carbocycles. The van der Waals surface area contributed by atoms with E-state index in [0.717, 1.165) is 38.5 Å². The van der Waals surface area contributed by atoms with Crippen LogP contribution in [0, 0.1) is 0 Å². The van der Waals surface area contributed by atoms with Gasteiger partial charge in [0.1, 0.15) is 19.8 Å². The maximum absolute atomic E-state index is 12.7. The Morgan fingerprint density at radius 3 is 1.02 bits per heavy atom. The highest BCUT2D eigenvalue weighted by molar-refractivity contribution is 7.47. The number of phosphoric acid groups is 1. The van der Waals surface area contributed by atoms with Crippen LogP contribution < -0.4 is 0 Å². The highest BCUT2D eigenvalue weighted by Crippen LogP contribution is 2.43. The molecule has 0 aromatic heterocycles. The quantitative estimate of drug-likeness (QED) is 0.0278. The Labute approximate surface area is 391 Å². The van der Waals surface area contributed by atoms with Crippen molar-refractivity contribution in [2.24, 2.45) is 0 Å². The number of carbonyl (C=O) groups is 2. The maximum Gasteiger partial charge on any atom is 0.472 e. The van der Waals surface area contributed by atoms with Crippen molar-refractivity contribution in [1.29, 1.82) is 0 Å². The number of nitrogens with zero attached hydrogens (tertiary/aromatic N) is 1. The molecule has 0 aliphatic rings. The van der Waals surface area contributed by atoms with Gasteiger partial charge in [-0.05, 0) is 12.8 Å². The molecule has 0 bridgehead atoms. The SMILES string of the molecule is CCCCCCCCCCCCCCCCCCCCCCCCCCCCCCCCCC(=O)OC(COC(=O)CCCCCCCCCC)COP(=O)(O)OCC[N+](C)(C)C. The minimum Gasteiger partial charge on any atom is -0.462 e. The Morgan fingerprint density at radius 1 is 0.429 bits per heavy atom. The molecule has 0 radical (unpaired) electrons. The van der Waals surface area contributed by atoms with E-state index in [9.17, 15) is 19.0 Å². The first-order valence-electron chi connectivity index (χ1n) is 27.3. The van der Waals surface area contributed by atoms with Gasteiger partial charge < -0.3 is 18.9 Å². The number of phosphoric ester groups is 1. The van der Waals surface area contributed by atoms with Crippen LogP contribution >= 0.6 is 7.82 Å². The van der Waals surface area contributed by atoms with Gasteiger partial charge in [0.05, 0.1) is 27.7 Å². The van der Waals surface area contributed by atoms with E-state index in [1.54, 1.807) is 0 Å². The summed E-state index contributed by atoms with van der Waals surface area (Å²) >= 11 is 0. The molecule has 0 heterocycles. The van der Waals surface area contributed by atoms with E-state index in [4.69, 9.17) is 18.5 Å². The smallest absolute Gasteiger partial charge is 0.462 e. The molecule has 376 valence electrons. The van der Waals surface area contributed by atoms with Crippen molar-refractivity contribution < 1.29 is 42.1 Å². The molecular weight excluding hydrogens is 810 g/mol. The lowest BCUT2D eigenvalue weighted by Gasteiger charge is -2.24. The average Bonchev–Trinajstić information content (AvgIpc) is 3.24. The fourth-order valence-corrected chi connectivity index (χ4v) is 8.88. The topological polar surface area (TPSA) is 108 Å². The minimum absolute atomic E-state index is 0.0367. The number of ether oxygens (including phenoxy) is 2. The van der Waals surface area contributed by atoms with Gasteiger partial charge in [-0.2, -0.15) is 0 Å². The molecule has 0 aromatic rings. The summed E-state index contributed by atoms with van der Waals surface area (Å²) in [6, 6.07) is 0. The molecule has 10 heteroatoms. The van der Waals surface area contributed by atoms with Crippen LogP contribution in [0.2, 0.25) is 0 Å². The van der Waals surface area contributed by atoms with E-state index in [2.05, 4.69) is 13.8 Å². The first kappa shape index (κ1) is 62.0. The van der Waals surface area contributed by atoms with E-state index < -0.39 is 26.5 Å². The number of likely N-dealkylation sites (N-methyl/N-ethyl adjacent to an activating group) is 1. The Bertz CT molecular complexity index is 1040. The Balaban J connectivity index is 3.89. The van der Waals surface area contributed by atoms with Crippen molar-refractivity contribution in [3.8, 4) is 0 Å². The van der Waals surface area contributed by atoms with Gasteiger partial charge >= 0.3 is 19.8 Å². The van der Waals surface area contributed by atoms with Crippen molar-refractivity contribution in [1.82, 2.24) is 0 Å². The van der Waals surface area contributed by atoms with E-state index >= 15 is 0 Å². The number of carbonyl (C=O) groups excluding carboxylic acids is 2. The average molecular weight is 917 g/mol. The lowest BCUT2D eigenvalue weighted by atomic mass is 10.0. The molecular formula is C53H107NO8P+. The summed E-state index contributed by atoms with van der Waals surface area (Å²) in [5.41, 5.74) is 0. The number of hydrogen-bond donors (Lipinski definition) is 1. The lowest BCUT2D eigenvalue weighted by molar-refractivity contribution is -0.870. The number of rotatable bonds is 51. The minimum atomic E-state index is -4.37. The molecule has 2 unspecified atom stereocenters. The van der Waals surface area contributed by atoms with Crippen molar-refractivity contribution >= 4 is 19.8 Å². The molecule has 0 spiro atoms. The second-order valence-electron chi connectivity index (χ2n) is 20.0. The molecule has 0 aromatic carbocycles. The third-order valence-corrected chi connectivity index (χ3v) is 13.4. The van der Waals surface area contributed by atoms with Gasteiger partial charge in [-0.1, -0.05) is 251 Å². The summed E-state index contributed by atoms with van der Waals surface area (Å²) in [7, 11) is 1.50. The third-order valence-electron chi connectivity index (χ3n) is 12.4. The Hall–Kier alpha value is -0.990. The first-order valence-corrected chi connectivity index (χ1v) is 28.8. The first-order chi connectivity index (χ1) is 30.5. The van der Waals surface area contributed by atoms with E-state index in [1.165, 1.54) is 212 Å². The van der Waals surface area contributed by atoms with Crippen LogP contribution in [0.5, 0.6) is 0 Å². The number of unbranched alkanes of at least 4 members (excludes halogenated alkanes) is 37. The summed E-state index contributed by atoms with van der Waals surface area (Å²) in [5.74, 6) is -0.786. The van der Waals surface area contributed by atoms with Gasteiger partial charge in [0.15, 0.2) is 6.10 Å².